The first-order valence-electron chi connectivity index (χ1n) is 7.42. The van der Waals surface area contributed by atoms with Crippen LogP contribution in [-0.2, 0) is 0 Å². The molecule has 118 valence electrons. The van der Waals surface area contributed by atoms with Gasteiger partial charge < -0.3 is 14.4 Å². The lowest BCUT2D eigenvalue weighted by Gasteiger charge is -2.33. The van der Waals surface area contributed by atoms with E-state index in [1.165, 1.54) is 11.3 Å². The molecular weight excluding hydrogens is 300 g/mol. The molecule has 1 unspecified atom stereocenters. The van der Waals surface area contributed by atoms with E-state index in [1.807, 2.05) is 13.0 Å². The number of aryl methyl sites for hydroxylation is 1. The molecule has 3 heterocycles. The lowest BCUT2D eigenvalue weighted by atomic mass is 9.96. The van der Waals surface area contributed by atoms with Crippen LogP contribution < -0.4 is 0 Å². The molecule has 1 amide bonds. The van der Waals surface area contributed by atoms with Crippen molar-refractivity contribution in [2.45, 2.75) is 45.3 Å². The molecule has 0 bridgehead atoms. The average molecular weight is 320 g/mol. The fraction of sp³-hybridized carbons (Fsp3) is 0.500. The Kier molecular flexibility index (Phi) is 3.82. The van der Waals surface area contributed by atoms with E-state index in [1.54, 1.807) is 31.1 Å². The van der Waals surface area contributed by atoms with Crippen LogP contribution in [0.4, 0.5) is 0 Å². The topological polar surface area (TPSA) is 66.6 Å². The molecule has 0 aliphatic carbocycles. The fourth-order valence-electron chi connectivity index (χ4n) is 2.98. The van der Waals surface area contributed by atoms with E-state index in [4.69, 9.17) is 4.42 Å². The molecule has 1 N–H and O–H groups in total. The van der Waals surface area contributed by atoms with Crippen LogP contribution in [0.3, 0.4) is 0 Å². The van der Waals surface area contributed by atoms with Crippen molar-refractivity contribution in [2.24, 2.45) is 0 Å². The maximum atomic E-state index is 12.8. The van der Waals surface area contributed by atoms with Gasteiger partial charge in [-0.15, -0.1) is 11.3 Å². The van der Waals surface area contributed by atoms with Crippen LogP contribution in [0.15, 0.2) is 22.8 Å². The van der Waals surface area contributed by atoms with E-state index in [9.17, 15) is 9.90 Å². The number of carbonyl (C=O) groups is 1. The molecule has 0 radical (unpaired) electrons. The maximum Gasteiger partial charge on any atom is 0.273 e. The van der Waals surface area contributed by atoms with Gasteiger partial charge in [0.25, 0.3) is 5.91 Å². The predicted octanol–water partition coefficient (Wildman–Crippen LogP) is 3.09. The van der Waals surface area contributed by atoms with Gasteiger partial charge in [-0.25, -0.2) is 4.98 Å². The molecule has 0 spiro atoms. The second-order valence-corrected chi connectivity index (χ2v) is 7.41. The van der Waals surface area contributed by atoms with Crippen molar-refractivity contribution in [2.75, 3.05) is 6.54 Å². The van der Waals surface area contributed by atoms with Crippen molar-refractivity contribution in [3.63, 3.8) is 0 Å². The zero-order valence-corrected chi connectivity index (χ0v) is 13.8. The third-order valence-corrected chi connectivity index (χ3v) is 5.05. The number of hydrogen-bond donors (Lipinski definition) is 1. The number of amides is 1. The third-order valence-electron chi connectivity index (χ3n) is 4.06. The molecule has 1 aliphatic rings. The molecule has 2 aromatic heterocycles. The van der Waals surface area contributed by atoms with Crippen LogP contribution in [-0.4, -0.2) is 39.1 Å². The molecule has 1 atom stereocenters. The minimum Gasteiger partial charge on any atom is -0.462 e. The molecule has 1 aliphatic heterocycles. The van der Waals surface area contributed by atoms with Crippen LogP contribution in [0.2, 0.25) is 0 Å². The highest BCUT2D eigenvalue weighted by Crippen LogP contribution is 2.32. The van der Waals surface area contributed by atoms with Gasteiger partial charge >= 0.3 is 0 Å². The summed E-state index contributed by atoms with van der Waals surface area (Å²) in [5.74, 6) is 0.573. The van der Waals surface area contributed by atoms with Crippen molar-refractivity contribution < 1.29 is 14.3 Å². The molecule has 6 heteroatoms. The second kappa shape index (κ2) is 5.52. The summed E-state index contributed by atoms with van der Waals surface area (Å²) in [6.45, 7) is 6.07. The SMILES string of the molecule is Cc1sc(-c2ccco2)nc1C(=O)N1CCCC1C(C)(C)O. The number of rotatable bonds is 3. The smallest absolute Gasteiger partial charge is 0.273 e. The number of aromatic nitrogens is 1. The largest absolute Gasteiger partial charge is 0.462 e. The van der Waals surface area contributed by atoms with Crippen molar-refractivity contribution in [3.05, 3.63) is 29.0 Å². The van der Waals surface area contributed by atoms with Crippen LogP contribution in [0.25, 0.3) is 10.8 Å². The molecule has 1 saturated heterocycles. The first kappa shape index (κ1) is 15.2. The Morgan fingerprint density at radius 2 is 2.32 bits per heavy atom. The van der Waals surface area contributed by atoms with Crippen molar-refractivity contribution in [3.8, 4) is 10.8 Å². The highest BCUT2D eigenvalue weighted by molar-refractivity contribution is 7.15. The number of thiazole rings is 1. The minimum atomic E-state index is -0.903. The Labute approximate surface area is 133 Å². The Bertz CT molecular complexity index is 670. The number of aliphatic hydroxyl groups is 1. The second-order valence-electron chi connectivity index (χ2n) is 6.21. The maximum absolute atomic E-state index is 12.8. The summed E-state index contributed by atoms with van der Waals surface area (Å²) in [5, 5.41) is 11.0. The summed E-state index contributed by atoms with van der Waals surface area (Å²) in [4.78, 5) is 19.9. The van der Waals surface area contributed by atoms with Gasteiger partial charge in [0.15, 0.2) is 10.8 Å². The molecule has 22 heavy (non-hydrogen) atoms. The van der Waals surface area contributed by atoms with Gasteiger partial charge in [-0.2, -0.15) is 0 Å². The molecular formula is C16H20N2O3S. The number of likely N-dealkylation sites (tertiary alicyclic amines) is 1. The highest BCUT2D eigenvalue weighted by atomic mass is 32.1. The first-order valence-corrected chi connectivity index (χ1v) is 8.24. The van der Waals surface area contributed by atoms with E-state index in [0.29, 0.717) is 23.0 Å². The molecule has 0 aromatic carbocycles. The van der Waals surface area contributed by atoms with E-state index >= 15 is 0 Å². The summed E-state index contributed by atoms with van der Waals surface area (Å²) < 4.78 is 5.35. The quantitative estimate of drug-likeness (QED) is 0.944. The Hall–Kier alpha value is -1.66. The van der Waals surface area contributed by atoms with Gasteiger partial charge in [0.05, 0.1) is 17.9 Å². The normalized spacial score (nSPS) is 18.9. The van der Waals surface area contributed by atoms with E-state index in [2.05, 4.69) is 4.98 Å². The summed E-state index contributed by atoms with van der Waals surface area (Å²) in [7, 11) is 0. The first-order chi connectivity index (χ1) is 10.4. The highest BCUT2D eigenvalue weighted by Gasteiger charge is 2.39. The van der Waals surface area contributed by atoms with Gasteiger partial charge in [0.2, 0.25) is 0 Å². The van der Waals surface area contributed by atoms with E-state index in [0.717, 1.165) is 17.7 Å². The van der Waals surface area contributed by atoms with Crippen LogP contribution in [0.1, 0.15) is 42.1 Å². The summed E-state index contributed by atoms with van der Waals surface area (Å²) in [5.41, 5.74) is -0.438. The Morgan fingerprint density at radius 1 is 1.55 bits per heavy atom. The number of carbonyl (C=O) groups excluding carboxylic acids is 1. The van der Waals surface area contributed by atoms with Gasteiger partial charge in [0.1, 0.15) is 5.69 Å². The summed E-state index contributed by atoms with van der Waals surface area (Å²) in [6, 6.07) is 3.48. The van der Waals surface area contributed by atoms with Gasteiger partial charge in [0, 0.05) is 11.4 Å². The average Bonchev–Trinajstić information content (AvgIpc) is 3.17. The molecule has 5 nitrogen and oxygen atoms in total. The van der Waals surface area contributed by atoms with Crippen LogP contribution >= 0.6 is 11.3 Å². The van der Waals surface area contributed by atoms with Gasteiger partial charge in [-0.3, -0.25) is 4.79 Å². The third kappa shape index (κ3) is 2.68. The van der Waals surface area contributed by atoms with Crippen LogP contribution in [0.5, 0.6) is 0 Å². The van der Waals surface area contributed by atoms with Gasteiger partial charge in [-0.05, 0) is 45.7 Å². The zero-order chi connectivity index (χ0) is 15.9. The lowest BCUT2D eigenvalue weighted by molar-refractivity contribution is 0.000122. The monoisotopic (exact) mass is 320 g/mol. The van der Waals surface area contributed by atoms with Crippen molar-refractivity contribution >= 4 is 17.2 Å². The predicted molar refractivity (Wildman–Crippen MR) is 84.9 cm³/mol. The molecule has 3 rings (SSSR count). The number of nitrogens with zero attached hydrogens (tertiary/aromatic N) is 2. The fourth-order valence-corrected chi connectivity index (χ4v) is 3.85. The Balaban J connectivity index is 1.89. The number of furan rings is 1. The molecule has 0 saturated carbocycles. The number of hydrogen-bond acceptors (Lipinski definition) is 5. The lowest BCUT2D eigenvalue weighted by Crippen LogP contribution is -2.48. The standard InChI is InChI=1S/C16H20N2O3S/c1-10-13(17-14(22-10)11-6-5-9-21-11)15(19)18-8-4-7-12(18)16(2,3)20/h5-6,9,12,20H,4,7-8H2,1-3H3. The van der Waals surface area contributed by atoms with Crippen molar-refractivity contribution in [1.29, 1.82) is 0 Å². The molecule has 2 aromatic rings. The summed E-state index contributed by atoms with van der Waals surface area (Å²) in [6.07, 6.45) is 3.33. The summed E-state index contributed by atoms with van der Waals surface area (Å²) >= 11 is 1.45. The van der Waals surface area contributed by atoms with Crippen LogP contribution in [0, 0.1) is 6.92 Å². The van der Waals surface area contributed by atoms with Crippen molar-refractivity contribution in [1.82, 2.24) is 9.88 Å². The van der Waals surface area contributed by atoms with E-state index in [-0.39, 0.29) is 11.9 Å². The molecule has 1 fully saturated rings. The van der Waals surface area contributed by atoms with E-state index < -0.39 is 5.60 Å². The van der Waals surface area contributed by atoms with Gasteiger partial charge in [-0.1, -0.05) is 0 Å². The zero-order valence-electron chi connectivity index (χ0n) is 13.0. The Morgan fingerprint density at radius 3 is 2.95 bits per heavy atom. The minimum absolute atomic E-state index is 0.101.